The number of rotatable bonds is 3. The van der Waals surface area contributed by atoms with Crippen LogP contribution in [0.3, 0.4) is 0 Å². The van der Waals surface area contributed by atoms with E-state index < -0.39 is 5.97 Å². The average molecular weight is 347 g/mol. The van der Waals surface area contributed by atoms with E-state index >= 15 is 0 Å². The Bertz CT molecular complexity index is 860. The van der Waals surface area contributed by atoms with Crippen molar-refractivity contribution in [3.05, 3.63) is 70.3 Å². The number of aromatic nitrogens is 2. The molecule has 0 unspecified atom stereocenters. The summed E-state index contributed by atoms with van der Waals surface area (Å²) in [7, 11) is 1.32. The number of nitrogens with zero attached hydrogens (tertiary/aromatic N) is 2. The first-order valence-electron chi connectivity index (χ1n) is 6.79. The third-order valence-electron chi connectivity index (χ3n) is 3.31. The monoisotopic (exact) mass is 346 g/mol. The van der Waals surface area contributed by atoms with Gasteiger partial charge in [0.1, 0.15) is 0 Å². The van der Waals surface area contributed by atoms with Gasteiger partial charge in [0.15, 0.2) is 5.69 Å². The van der Waals surface area contributed by atoms with Crippen LogP contribution in [0.4, 0.5) is 0 Å². The van der Waals surface area contributed by atoms with Gasteiger partial charge < -0.3 is 4.74 Å². The van der Waals surface area contributed by atoms with Crippen molar-refractivity contribution in [3.63, 3.8) is 0 Å². The highest BCUT2D eigenvalue weighted by Crippen LogP contribution is 2.29. The number of halogens is 2. The third kappa shape index (κ3) is 3.09. The summed E-state index contributed by atoms with van der Waals surface area (Å²) < 4.78 is 6.37. The molecule has 6 heteroatoms. The van der Waals surface area contributed by atoms with Gasteiger partial charge in [-0.2, -0.15) is 5.10 Å². The predicted octanol–water partition coefficient (Wildman–Crippen LogP) is 4.63. The van der Waals surface area contributed by atoms with Gasteiger partial charge in [-0.3, -0.25) is 0 Å². The van der Waals surface area contributed by atoms with E-state index in [1.807, 2.05) is 30.3 Å². The summed E-state index contributed by atoms with van der Waals surface area (Å²) in [6, 6.07) is 16.4. The van der Waals surface area contributed by atoms with Gasteiger partial charge in [-0.05, 0) is 24.3 Å². The Kier molecular flexibility index (Phi) is 4.37. The first-order valence-corrected chi connectivity index (χ1v) is 7.55. The Morgan fingerprint density at radius 2 is 1.83 bits per heavy atom. The largest absolute Gasteiger partial charge is 0.464 e. The molecule has 0 saturated carbocycles. The van der Waals surface area contributed by atoms with Crippen LogP contribution in [-0.2, 0) is 4.74 Å². The molecule has 0 atom stereocenters. The van der Waals surface area contributed by atoms with E-state index in [-0.39, 0.29) is 5.69 Å². The second kappa shape index (κ2) is 6.44. The highest BCUT2D eigenvalue weighted by Gasteiger charge is 2.18. The molecule has 4 nitrogen and oxygen atoms in total. The number of benzene rings is 2. The second-order valence-electron chi connectivity index (χ2n) is 4.78. The minimum atomic E-state index is -0.508. The van der Waals surface area contributed by atoms with Crippen LogP contribution in [0.15, 0.2) is 54.6 Å². The number of esters is 1. The summed E-state index contributed by atoms with van der Waals surface area (Å²) in [5, 5.41) is 5.30. The van der Waals surface area contributed by atoms with Gasteiger partial charge in [0, 0.05) is 10.6 Å². The minimum Gasteiger partial charge on any atom is -0.464 e. The van der Waals surface area contributed by atoms with Crippen LogP contribution in [0, 0.1) is 0 Å². The summed E-state index contributed by atoms with van der Waals surface area (Å²) in [5.41, 5.74) is 2.47. The molecule has 3 rings (SSSR count). The van der Waals surface area contributed by atoms with Crippen molar-refractivity contribution in [1.29, 1.82) is 0 Å². The second-order valence-corrected chi connectivity index (χ2v) is 5.62. The molecule has 0 aliphatic heterocycles. The lowest BCUT2D eigenvalue weighted by Crippen LogP contribution is -2.05. The number of ether oxygens (including phenoxy) is 1. The highest BCUT2D eigenvalue weighted by molar-refractivity contribution is 6.35. The lowest BCUT2D eigenvalue weighted by Gasteiger charge is -2.09. The molecule has 0 amide bonds. The van der Waals surface area contributed by atoms with Crippen molar-refractivity contribution in [2.45, 2.75) is 0 Å². The molecule has 3 aromatic rings. The summed E-state index contributed by atoms with van der Waals surface area (Å²) >= 11 is 12.2. The van der Waals surface area contributed by atoms with Crippen LogP contribution in [-0.4, -0.2) is 22.9 Å². The van der Waals surface area contributed by atoms with Gasteiger partial charge >= 0.3 is 5.97 Å². The molecule has 23 heavy (non-hydrogen) atoms. The first-order chi connectivity index (χ1) is 11.1. The zero-order valence-corrected chi connectivity index (χ0v) is 13.7. The number of hydrogen-bond donors (Lipinski definition) is 0. The molecule has 0 N–H and O–H groups in total. The van der Waals surface area contributed by atoms with Gasteiger partial charge in [0.05, 0.1) is 23.5 Å². The molecular formula is C17H12Cl2N2O2. The average Bonchev–Trinajstić information content (AvgIpc) is 3.00. The molecule has 1 heterocycles. The van der Waals surface area contributed by atoms with Gasteiger partial charge in [-0.15, -0.1) is 0 Å². The van der Waals surface area contributed by atoms with Crippen molar-refractivity contribution in [3.8, 4) is 16.9 Å². The fourth-order valence-electron chi connectivity index (χ4n) is 2.24. The zero-order valence-electron chi connectivity index (χ0n) is 12.2. The molecule has 0 spiro atoms. The maximum absolute atomic E-state index is 11.8. The molecule has 116 valence electrons. The number of carbonyl (C=O) groups excluding carboxylic acids is 1. The Hall–Kier alpha value is -2.30. The van der Waals surface area contributed by atoms with Crippen molar-refractivity contribution >= 4 is 29.2 Å². The lowest BCUT2D eigenvalue weighted by molar-refractivity contribution is 0.0593. The normalized spacial score (nSPS) is 10.6. The summed E-state index contributed by atoms with van der Waals surface area (Å²) in [4.78, 5) is 11.8. The molecule has 0 radical (unpaired) electrons. The van der Waals surface area contributed by atoms with E-state index in [2.05, 4.69) is 5.10 Å². The first kappa shape index (κ1) is 15.6. The van der Waals surface area contributed by atoms with Gasteiger partial charge in [-0.1, -0.05) is 53.5 Å². The Morgan fingerprint density at radius 3 is 2.48 bits per heavy atom. The van der Waals surface area contributed by atoms with E-state index in [9.17, 15) is 4.79 Å². The van der Waals surface area contributed by atoms with Crippen LogP contribution in [0.5, 0.6) is 0 Å². The van der Waals surface area contributed by atoms with Crippen LogP contribution in [0.1, 0.15) is 10.5 Å². The van der Waals surface area contributed by atoms with E-state index in [1.54, 1.807) is 28.9 Å². The molecule has 0 aliphatic carbocycles. The summed E-state index contributed by atoms with van der Waals surface area (Å²) in [6.07, 6.45) is 0. The predicted molar refractivity (Wildman–Crippen MR) is 90.4 cm³/mol. The molecule has 1 aromatic heterocycles. The standard InChI is InChI=1S/C17H12Cl2N2O2/c1-23-17(22)14-10-16(11-5-3-2-4-6-11)21(20-14)15-8-7-12(18)9-13(15)19/h2-10H,1H3. The number of carbonyl (C=O) groups is 1. The van der Waals surface area contributed by atoms with Gasteiger partial charge in [-0.25, -0.2) is 9.48 Å². The van der Waals surface area contributed by atoms with Gasteiger partial charge in [0.2, 0.25) is 0 Å². The summed E-state index contributed by atoms with van der Waals surface area (Å²) in [5.74, 6) is -0.508. The maximum Gasteiger partial charge on any atom is 0.358 e. The van der Waals surface area contributed by atoms with E-state index in [4.69, 9.17) is 27.9 Å². The van der Waals surface area contributed by atoms with Crippen molar-refractivity contribution in [2.75, 3.05) is 7.11 Å². The number of hydrogen-bond acceptors (Lipinski definition) is 3. The molecule has 0 aliphatic rings. The van der Waals surface area contributed by atoms with Crippen LogP contribution >= 0.6 is 23.2 Å². The molecule has 0 saturated heterocycles. The molecule has 2 aromatic carbocycles. The Morgan fingerprint density at radius 1 is 1.09 bits per heavy atom. The zero-order chi connectivity index (χ0) is 16.4. The molecular weight excluding hydrogens is 335 g/mol. The topological polar surface area (TPSA) is 44.1 Å². The van der Waals surface area contributed by atoms with Gasteiger partial charge in [0.25, 0.3) is 0 Å². The van der Waals surface area contributed by atoms with E-state index in [0.29, 0.717) is 15.7 Å². The molecule has 0 fully saturated rings. The van der Waals surface area contributed by atoms with Crippen LogP contribution < -0.4 is 0 Å². The summed E-state index contributed by atoms with van der Waals surface area (Å²) in [6.45, 7) is 0. The van der Waals surface area contributed by atoms with Crippen molar-refractivity contribution in [1.82, 2.24) is 9.78 Å². The Balaban J connectivity index is 2.22. The third-order valence-corrected chi connectivity index (χ3v) is 3.85. The van der Waals surface area contributed by atoms with E-state index in [0.717, 1.165) is 11.3 Å². The molecule has 0 bridgehead atoms. The SMILES string of the molecule is COC(=O)c1cc(-c2ccccc2)n(-c2ccc(Cl)cc2Cl)n1. The smallest absolute Gasteiger partial charge is 0.358 e. The fraction of sp³-hybridized carbons (Fsp3) is 0.0588. The number of methoxy groups -OCH3 is 1. The maximum atomic E-state index is 11.8. The lowest BCUT2D eigenvalue weighted by atomic mass is 10.1. The van der Waals surface area contributed by atoms with Crippen molar-refractivity contribution < 1.29 is 9.53 Å². The van der Waals surface area contributed by atoms with E-state index in [1.165, 1.54) is 7.11 Å². The Labute approximate surface area is 143 Å². The minimum absolute atomic E-state index is 0.206. The van der Waals surface area contributed by atoms with Crippen LogP contribution in [0.25, 0.3) is 16.9 Å². The quantitative estimate of drug-likeness (QED) is 0.649. The highest BCUT2D eigenvalue weighted by atomic mass is 35.5. The van der Waals surface area contributed by atoms with Crippen LogP contribution in [0.2, 0.25) is 10.0 Å². The fourth-order valence-corrected chi connectivity index (χ4v) is 2.73. The van der Waals surface area contributed by atoms with Crippen molar-refractivity contribution in [2.24, 2.45) is 0 Å².